The van der Waals surface area contributed by atoms with Crippen LogP contribution < -0.4 is 10.6 Å². The Balaban J connectivity index is 0.000000559. The van der Waals surface area contributed by atoms with E-state index < -0.39 is 17.7 Å². The van der Waals surface area contributed by atoms with Gasteiger partial charge in [0.15, 0.2) is 0 Å². The number of carboxylic acids is 1. The highest BCUT2D eigenvalue weighted by atomic mass is 35.5. The summed E-state index contributed by atoms with van der Waals surface area (Å²) < 4.78 is 31.7. The molecule has 2 unspecified atom stereocenters. The zero-order valence-corrected chi connectivity index (χ0v) is 23.4. The van der Waals surface area contributed by atoms with Gasteiger partial charge < -0.3 is 15.7 Å². The Labute approximate surface area is 241 Å². The quantitative estimate of drug-likeness (QED) is 0.248. The topological polar surface area (TPSA) is 78.4 Å². The van der Waals surface area contributed by atoms with Crippen molar-refractivity contribution in [3.05, 3.63) is 100 Å². The summed E-state index contributed by atoms with van der Waals surface area (Å²) in [5.74, 6) is -2.58. The van der Waals surface area contributed by atoms with Crippen molar-refractivity contribution in [2.75, 3.05) is 5.32 Å². The summed E-state index contributed by atoms with van der Waals surface area (Å²) in [6.07, 6.45) is -0.522. The van der Waals surface area contributed by atoms with Gasteiger partial charge in [0.1, 0.15) is 5.54 Å². The van der Waals surface area contributed by atoms with Crippen LogP contribution in [0.2, 0.25) is 10.0 Å². The largest absolute Gasteiger partial charge is 0.490 e. The van der Waals surface area contributed by atoms with Crippen molar-refractivity contribution in [3.63, 3.8) is 0 Å². The number of carboxylic acid groups (broad SMARTS) is 1. The Morgan fingerprint density at radius 2 is 1.40 bits per heavy atom. The van der Waals surface area contributed by atoms with Crippen molar-refractivity contribution >= 4 is 40.8 Å². The highest BCUT2D eigenvalue weighted by Gasteiger charge is 2.42. The normalized spacial score (nSPS) is 15.8. The van der Waals surface area contributed by atoms with Crippen LogP contribution in [0.15, 0.2) is 78.9 Å². The highest BCUT2D eigenvalue weighted by molar-refractivity contribution is 6.30. The molecule has 2 atom stereocenters. The van der Waals surface area contributed by atoms with Crippen molar-refractivity contribution in [1.29, 1.82) is 0 Å². The van der Waals surface area contributed by atoms with E-state index >= 15 is 0 Å². The van der Waals surface area contributed by atoms with Crippen LogP contribution in [0, 0.1) is 0 Å². The Morgan fingerprint density at radius 3 is 1.90 bits per heavy atom. The number of nitrogens with one attached hydrogen (secondary N) is 2. The molecule has 3 aromatic carbocycles. The smallest absolute Gasteiger partial charge is 0.475 e. The van der Waals surface area contributed by atoms with Gasteiger partial charge in [-0.25, -0.2) is 4.79 Å². The fraction of sp³-hybridized carbons (Fsp3) is 0.333. The molecule has 40 heavy (non-hydrogen) atoms. The summed E-state index contributed by atoms with van der Waals surface area (Å²) in [5, 5.41) is 15.5. The average Bonchev–Trinajstić information content (AvgIpc) is 3.39. The maximum Gasteiger partial charge on any atom is 0.490 e. The van der Waals surface area contributed by atoms with E-state index in [1.165, 1.54) is 5.56 Å². The van der Waals surface area contributed by atoms with Crippen LogP contribution in [0.3, 0.4) is 0 Å². The molecular weight excluding hydrogens is 564 g/mol. The van der Waals surface area contributed by atoms with Gasteiger partial charge in [0, 0.05) is 27.7 Å². The minimum Gasteiger partial charge on any atom is -0.475 e. The first-order valence-electron chi connectivity index (χ1n) is 12.8. The lowest BCUT2D eigenvalue weighted by molar-refractivity contribution is -0.192. The number of anilines is 1. The van der Waals surface area contributed by atoms with E-state index in [-0.39, 0.29) is 17.9 Å². The summed E-state index contributed by atoms with van der Waals surface area (Å²) in [6, 6.07) is 25.8. The zero-order chi connectivity index (χ0) is 29.3. The molecule has 5 nitrogen and oxygen atoms in total. The van der Waals surface area contributed by atoms with Crippen molar-refractivity contribution < 1.29 is 27.9 Å². The third kappa shape index (κ3) is 8.89. The number of alkyl halides is 3. The molecule has 10 heteroatoms. The molecule has 1 aliphatic rings. The molecule has 0 saturated heterocycles. The van der Waals surface area contributed by atoms with Gasteiger partial charge in [0.25, 0.3) is 0 Å². The third-order valence-corrected chi connectivity index (χ3v) is 7.42. The van der Waals surface area contributed by atoms with Crippen LogP contribution in [0.4, 0.5) is 18.9 Å². The molecule has 0 bridgehead atoms. The zero-order valence-electron chi connectivity index (χ0n) is 21.8. The van der Waals surface area contributed by atoms with Crippen LogP contribution in [0.5, 0.6) is 0 Å². The summed E-state index contributed by atoms with van der Waals surface area (Å²) in [6.45, 7) is 2.10. The Morgan fingerprint density at radius 1 is 0.900 bits per heavy atom. The molecular formula is C30H31Cl2F3N2O3. The summed E-state index contributed by atoms with van der Waals surface area (Å²) in [5.41, 5.74) is 2.75. The SMILES string of the molecule is CC(NC(=O)C1(Nc2ccccc2)CCCC1)C(Cc1ccc(Cl)cc1)c1ccc(Cl)cc1.O=C(O)C(F)(F)F. The van der Waals surface area contributed by atoms with Gasteiger partial charge in [0.2, 0.25) is 5.91 Å². The fourth-order valence-corrected chi connectivity index (χ4v) is 5.05. The second kappa shape index (κ2) is 13.9. The molecule has 1 aliphatic carbocycles. The van der Waals surface area contributed by atoms with Gasteiger partial charge in [0.05, 0.1) is 0 Å². The predicted molar refractivity (Wildman–Crippen MR) is 152 cm³/mol. The summed E-state index contributed by atoms with van der Waals surface area (Å²) in [7, 11) is 0. The van der Waals surface area contributed by atoms with Gasteiger partial charge in [-0.05, 0) is 73.7 Å². The molecule has 0 heterocycles. The van der Waals surface area contributed by atoms with Crippen LogP contribution in [-0.2, 0) is 16.0 Å². The Kier molecular flexibility index (Phi) is 10.9. The monoisotopic (exact) mass is 594 g/mol. The maximum absolute atomic E-state index is 13.7. The molecule has 3 N–H and O–H groups in total. The molecule has 1 amide bonds. The van der Waals surface area contributed by atoms with Gasteiger partial charge in [-0.1, -0.05) is 78.5 Å². The second-order valence-corrected chi connectivity index (χ2v) is 10.7. The molecule has 0 spiro atoms. The number of rotatable bonds is 8. The minimum atomic E-state index is -5.08. The molecule has 0 radical (unpaired) electrons. The predicted octanol–water partition coefficient (Wildman–Crippen LogP) is 7.88. The number of para-hydroxylation sites is 1. The average molecular weight is 595 g/mol. The van der Waals surface area contributed by atoms with Crippen molar-refractivity contribution in [1.82, 2.24) is 5.32 Å². The first-order valence-corrected chi connectivity index (χ1v) is 13.6. The molecule has 3 aromatic rings. The number of amides is 1. The standard InChI is InChI=1S/C28H30Cl2N2O.C2HF3O2/c1-20(31-27(33)28(17-5-6-18-28)32-25-7-3-2-4-8-25)26(22-11-15-24(30)16-12-22)19-21-9-13-23(29)14-10-21;3-2(4,5)1(6)7/h2-4,7-16,20,26,32H,5-6,17-19H2,1H3,(H,31,33);(H,6,7). The van der Waals surface area contributed by atoms with Crippen molar-refractivity contribution in [2.24, 2.45) is 0 Å². The van der Waals surface area contributed by atoms with Crippen molar-refractivity contribution in [2.45, 2.75) is 62.7 Å². The number of aliphatic carboxylic acids is 1. The summed E-state index contributed by atoms with van der Waals surface area (Å²) in [4.78, 5) is 22.6. The van der Waals surface area contributed by atoms with E-state index in [2.05, 4.69) is 41.8 Å². The van der Waals surface area contributed by atoms with Crippen molar-refractivity contribution in [3.8, 4) is 0 Å². The molecule has 214 valence electrons. The highest BCUT2D eigenvalue weighted by Crippen LogP contribution is 2.34. The first kappa shape index (κ1) is 31.3. The van der Waals surface area contributed by atoms with Gasteiger partial charge in [-0.15, -0.1) is 0 Å². The number of halogens is 5. The fourth-order valence-electron chi connectivity index (χ4n) is 4.80. The van der Waals surface area contributed by atoms with Gasteiger partial charge >= 0.3 is 12.1 Å². The lowest BCUT2D eigenvalue weighted by atomic mass is 9.85. The van der Waals surface area contributed by atoms with Crippen LogP contribution in [0.25, 0.3) is 0 Å². The molecule has 1 saturated carbocycles. The Bertz CT molecular complexity index is 1250. The second-order valence-electron chi connectivity index (χ2n) is 9.83. The van der Waals surface area contributed by atoms with E-state index in [1.807, 2.05) is 54.6 Å². The third-order valence-electron chi connectivity index (χ3n) is 6.92. The van der Waals surface area contributed by atoms with Crippen LogP contribution in [-0.4, -0.2) is 34.7 Å². The minimum absolute atomic E-state index is 0.0654. The lowest BCUT2D eigenvalue weighted by Gasteiger charge is -2.34. The van der Waals surface area contributed by atoms with E-state index in [9.17, 15) is 18.0 Å². The molecule has 0 aromatic heterocycles. The lowest BCUT2D eigenvalue weighted by Crippen LogP contribution is -2.54. The number of carbonyl (C=O) groups is 2. The number of hydrogen-bond donors (Lipinski definition) is 3. The number of benzene rings is 3. The van der Waals surface area contributed by atoms with Gasteiger partial charge in [-0.3, -0.25) is 4.79 Å². The van der Waals surface area contributed by atoms with E-state index in [0.717, 1.165) is 48.4 Å². The first-order chi connectivity index (χ1) is 18.9. The van der Waals surface area contributed by atoms with E-state index in [4.69, 9.17) is 33.1 Å². The number of carbonyl (C=O) groups excluding carboxylic acids is 1. The summed E-state index contributed by atoms with van der Waals surface area (Å²) >= 11 is 12.2. The van der Waals surface area contributed by atoms with Crippen LogP contribution in [0.1, 0.15) is 49.7 Å². The Hall–Kier alpha value is -3.23. The van der Waals surface area contributed by atoms with E-state index in [0.29, 0.717) is 5.02 Å². The maximum atomic E-state index is 13.7. The van der Waals surface area contributed by atoms with Crippen LogP contribution >= 0.6 is 23.2 Å². The molecule has 0 aliphatic heterocycles. The molecule has 1 fully saturated rings. The van der Waals surface area contributed by atoms with E-state index in [1.54, 1.807) is 0 Å². The number of hydrogen-bond acceptors (Lipinski definition) is 3. The molecule has 4 rings (SSSR count). The van der Waals surface area contributed by atoms with Gasteiger partial charge in [-0.2, -0.15) is 13.2 Å².